The average Bonchev–Trinajstić information content (AvgIpc) is 3.13. The molecule has 0 rings (SSSR count). The van der Waals surface area contributed by atoms with Crippen LogP contribution in [0.2, 0.25) is 6.04 Å². The van der Waals surface area contributed by atoms with Crippen molar-refractivity contribution < 1.29 is 185 Å². The first-order valence-corrected chi connectivity index (χ1v) is 16.8. The van der Waals surface area contributed by atoms with Crippen molar-refractivity contribution in [1.29, 1.82) is 0 Å². The molecule has 0 aliphatic heterocycles. The predicted molar refractivity (Wildman–Crippen MR) is 131 cm³/mol. The van der Waals surface area contributed by atoms with Gasteiger partial charge in [-0.2, -0.15) is 171 Å². The fourth-order valence-electron chi connectivity index (χ4n) is 4.39. The topological polar surface area (TPSA) is 27.7 Å². The third-order valence-corrected chi connectivity index (χ3v) is 11.5. The van der Waals surface area contributed by atoms with E-state index in [1.54, 1.807) is 0 Å². The first kappa shape index (κ1) is 64.4. The van der Waals surface area contributed by atoms with Crippen molar-refractivity contribution in [3.8, 4) is 0 Å². The molecule has 0 spiro atoms. The summed E-state index contributed by atoms with van der Waals surface area (Å²) in [7, 11) is -3.82. The predicted octanol–water partition coefficient (Wildman–Crippen LogP) is 13.3. The molecule has 0 atom stereocenters. The monoisotopic (exact) mass is 1120 g/mol. The van der Waals surface area contributed by atoms with Crippen molar-refractivity contribution in [2.24, 2.45) is 0 Å². The zero-order chi connectivity index (χ0) is 55.5. The summed E-state index contributed by atoms with van der Waals surface area (Å²) in [6, 6.07) is -2.10. The molecule has 0 saturated heterocycles. The van der Waals surface area contributed by atoms with Gasteiger partial charge in [0, 0.05) is 33.8 Å². The summed E-state index contributed by atoms with van der Waals surface area (Å²) in [6.07, 6.45) is -11.7. The van der Waals surface area contributed by atoms with Crippen LogP contribution in [0.25, 0.3) is 0 Å². The molecule has 0 unspecified atom stereocenters. The van der Waals surface area contributed by atoms with Gasteiger partial charge in [0.2, 0.25) is 0 Å². The van der Waals surface area contributed by atoms with Crippen molar-refractivity contribution in [2.75, 3.05) is 21.3 Å². The van der Waals surface area contributed by atoms with Gasteiger partial charge in [0.25, 0.3) is 0 Å². The minimum absolute atomic E-state index is 0.358. The van der Waals surface area contributed by atoms with Crippen molar-refractivity contribution in [1.82, 2.24) is 0 Å². The lowest BCUT2D eigenvalue weighted by atomic mass is 9.82. The van der Waals surface area contributed by atoms with Crippen LogP contribution in [0.15, 0.2) is 0 Å². The standard InChI is InChI=1S/C24H13F39O3Si/c1-64-67(65-2,66-3)5-4-6(25,26)7(27,28)8(29,30)9(31,32)10(33,34)11(35,36)12(37,38)13(39,40)14(41,42)15(43,44)16(45,46)17(47,48)18(49,50)19(51,52)20(53,54)21(55,56)22(57,58)23(59,60)24(61,62)63/h4-5H2,1-3H3. The molecule has 0 aromatic heterocycles. The molecule has 0 fully saturated rings. The summed E-state index contributed by atoms with van der Waals surface area (Å²) in [6.45, 7) is 0. The Bertz CT molecular complexity index is 1730. The molecule has 0 radical (unpaired) electrons. The van der Waals surface area contributed by atoms with E-state index in [1.165, 1.54) is 0 Å². The Morgan fingerprint density at radius 3 is 0.493 bits per heavy atom. The lowest BCUT2D eigenvalue weighted by molar-refractivity contribution is -0.494. The molecule has 0 heterocycles. The first-order valence-electron chi connectivity index (χ1n) is 14.9. The molecule has 0 N–H and O–H groups in total. The van der Waals surface area contributed by atoms with Crippen LogP contribution in [0.3, 0.4) is 0 Å². The Balaban J connectivity index is 7.87. The Morgan fingerprint density at radius 1 is 0.224 bits per heavy atom. The van der Waals surface area contributed by atoms with E-state index in [0.717, 1.165) is 0 Å². The maximum absolute atomic E-state index is 14.2. The van der Waals surface area contributed by atoms with E-state index in [2.05, 4.69) is 13.3 Å². The van der Waals surface area contributed by atoms with Gasteiger partial charge >= 0.3 is 122 Å². The summed E-state index contributed by atoms with van der Waals surface area (Å²) < 4.78 is 551. The van der Waals surface area contributed by atoms with Crippen molar-refractivity contribution >= 4 is 8.80 Å². The molecule has 67 heavy (non-hydrogen) atoms. The van der Waals surface area contributed by atoms with Gasteiger partial charge in [0.1, 0.15) is 0 Å². The molecule has 0 bridgehead atoms. The summed E-state index contributed by atoms with van der Waals surface area (Å²) in [5.41, 5.74) is 0. The third-order valence-electron chi connectivity index (χ3n) is 8.80. The smallest absolute Gasteiger partial charge is 0.377 e. The molecule has 0 aliphatic rings. The third kappa shape index (κ3) is 7.76. The highest BCUT2D eigenvalue weighted by Gasteiger charge is 3.03. The van der Waals surface area contributed by atoms with Crippen LogP contribution < -0.4 is 0 Å². The highest BCUT2D eigenvalue weighted by Crippen LogP contribution is 2.71. The number of alkyl halides is 39. The first-order chi connectivity index (χ1) is 28.4. The van der Waals surface area contributed by atoms with Crippen LogP contribution in [0.4, 0.5) is 171 Å². The Kier molecular flexibility index (Phi) is 15.8. The van der Waals surface area contributed by atoms with Crippen LogP contribution >= 0.6 is 0 Å². The minimum Gasteiger partial charge on any atom is -0.377 e. The van der Waals surface area contributed by atoms with E-state index in [4.69, 9.17) is 0 Å². The quantitative estimate of drug-likeness (QED) is 0.0754. The van der Waals surface area contributed by atoms with Crippen molar-refractivity contribution in [3.63, 3.8) is 0 Å². The SMILES string of the molecule is CO[Si](CCC(F)(F)C(F)(F)C(F)(F)C(F)(F)C(F)(F)C(F)(F)C(F)(F)C(F)(F)C(F)(F)C(F)(F)C(F)(F)C(F)(F)C(F)(F)C(F)(F)C(F)(F)C(F)(F)C(F)(F)C(F)(F)C(F)(F)F)(OC)OC. The van der Waals surface area contributed by atoms with E-state index < -0.39 is 134 Å². The second-order valence-corrected chi connectivity index (χ2v) is 15.9. The summed E-state index contributed by atoms with van der Waals surface area (Å²) in [4.78, 5) is 0. The molecule has 43 heteroatoms. The average molecular weight is 1120 g/mol. The van der Waals surface area contributed by atoms with Gasteiger partial charge in [-0.3, -0.25) is 0 Å². The fourth-order valence-corrected chi connectivity index (χ4v) is 6.12. The van der Waals surface area contributed by atoms with Gasteiger partial charge in [-0.1, -0.05) is 0 Å². The zero-order valence-corrected chi connectivity index (χ0v) is 31.4. The largest absolute Gasteiger partial charge is 0.500 e. The van der Waals surface area contributed by atoms with Gasteiger partial charge in [-0.05, 0) is 0 Å². The van der Waals surface area contributed by atoms with Crippen LogP contribution in [0.5, 0.6) is 0 Å². The maximum atomic E-state index is 14.2. The molecule has 0 saturated carbocycles. The number of rotatable bonds is 23. The van der Waals surface area contributed by atoms with Crippen LogP contribution in [-0.4, -0.2) is 143 Å². The second-order valence-electron chi connectivity index (χ2n) is 12.8. The normalized spacial score (nSPS) is 17.1. The molecule has 404 valence electrons. The molecule has 0 aliphatic carbocycles. The van der Waals surface area contributed by atoms with Crippen molar-refractivity contribution in [3.05, 3.63) is 0 Å². The van der Waals surface area contributed by atoms with Gasteiger partial charge in [-0.15, -0.1) is 0 Å². The van der Waals surface area contributed by atoms with Crippen LogP contribution in [0, 0.1) is 0 Å². The van der Waals surface area contributed by atoms with Crippen LogP contribution in [0.1, 0.15) is 6.42 Å². The van der Waals surface area contributed by atoms with Crippen LogP contribution in [-0.2, 0) is 13.3 Å². The maximum Gasteiger partial charge on any atom is 0.500 e. The van der Waals surface area contributed by atoms with E-state index in [9.17, 15) is 171 Å². The summed E-state index contributed by atoms with van der Waals surface area (Å²) in [5.74, 6) is -177. The lowest BCUT2D eigenvalue weighted by Crippen LogP contribution is -2.80. The van der Waals surface area contributed by atoms with E-state index in [-0.39, 0.29) is 0 Å². The number of hydrogen-bond acceptors (Lipinski definition) is 3. The second kappa shape index (κ2) is 16.5. The van der Waals surface area contributed by atoms with Gasteiger partial charge < -0.3 is 13.3 Å². The zero-order valence-electron chi connectivity index (χ0n) is 30.4. The fraction of sp³-hybridized carbons (Fsp3) is 1.00. The van der Waals surface area contributed by atoms with Crippen molar-refractivity contribution in [2.45, 2.75) is 125 Å². The molecular weight excluding hydrogens is 1110 g/mol. The Labute approximate surface area is 341 Å². The highest BCUT2D eigenvalue weighted by atomic mass is 28.4. The minimum atomic E-state index is -10.5. The van der Waals surface area contributed by atoms with E-state index in [1.807, 2.05) is 0 Å². The summed E-state index contributed by atoms with van der Waals surface area (Å²) in [5, 5.41) is 0. The molecule has 0 aromatic carbocycles. The number of halogens is 39. The molecular formula is C24H13F39O3Si. The van der Waals surface area contributed by atoms with Gasteiger partial charge in [0.05, 0.1) is 0 Å². The van der Waals surface area contributed by atoms with Gasteiger partial charge in [0.15, 0.2) is 0 Å². The van der Waals surface area contributed by atoms with E-state index in [0.29, 0.717) is 21.3 Å². The lowest BCUT2D eigenvalue weighted by Gasteiger charge is -2.47. The highest BCUT2D eigenvalue weighted by molar-refractivity contribution is 6.60. The molecule has 0 aromatic rings. The molecule has 3 nitrogen and oxygen atoms in total. The molecule has 0 amide bonds. The number of hydrogen-bond donors (Lipinski definition) is 0. The van der Waals surface area contributed by atoms with E-state index >= 15 is 0 Å². The Hall–Kier alpha value is -2.63. The van der Waals surface area contributed by atoms with Gasteiger partial charge in [-0.25, -0.2) is 0 Å². The Morgan fingerprint density at radius 2 is 0.358 bits per heavy atom. The summed E-state index contributed by atoms with van der Waals surface area (Å²) >= 11 is 0.